The summed E-state index contributed by atoms with van der Waals surface area (Å²) in [6, 6.07) is 77.3. The minimum atomic E-state index is 1.17. The quantitative estimate of drug-likeness (QED) is 0.119. The Morgan fingerprint density at radius 1 is 0.281 bits per heavy atom. The van der Waals surface area contributed by atoms with Gasteiger partial charge in [-0.1, -0.05) is 200 Å². The van der Waals surface area contributed by atoms with E-state index in [9.17, 15) is 0 Å². The molecule has 1 heterocycles. The summed E-state index contributed by atoms with van der Waals surface area (Å²) in [5.74, 6) is 0. The van der Waals surface area contributed by atoms with Gasteiger partial charge in [-0.15, -0.1) is 0 Å². The maximum absolute atomic E-state index is 2.36. The molecule has 0 unspecified atom stereocenters. The Hall–Kier alpha value is -7.48. The van der Waals surface area contributed by atoms with Gasteiger partial charge in [-0.2, -0.15) is 0 Å². The number of nitrogens with zero attached hydrogens (tertiary/aromatic N) is 1. The summed E-state index contributed by atoms with van der Waals surface area (Å²) in [4.78, 5) is 0. The van der Waals surface area contributed by atoms with Gasteiger partial charge in [0.05, 0.1) is 11.0 Å². The van der Waals surface area contributed by atoms with Crippen LogP contribution < -0.4 is 0 Å². The first-order valence-electron chi connectivity index (χ1n) is 19.7. The van der Waals surface area contributed by atoms with Crippen molar-refractivity contribution in [3.8, 4) is 39.1 Å². The number of fused-ring (bicyclic) bond motifs is 6. The van der Waals surface area contributed by atoms with Crippen molar-refractivity contribution in [2.24, 2.45) is 0 Å². The molecule has 0 aliphatic carbocycles. The lowest BCUT2D eigenvalue weighted by Gasteiger charge is -2.19. The maximum atomic E-state index is 2.36. The molecule has 1 aromatic heterocycles. The molecule has 0 N–H and O–H groups in total. The van der Waals surface area contributed by atoms with Gasteiger partial charge in [-0.05, 0) is 101 Å². The van der Waals surface area contributed by atoms with Crippen LogP contribution in [0.1, 0.15) is 11.1 Å². The summed E-state index contributed by atoms with van der Waals surface area (Å²) in [7, 11) is 0. The summed E-state index contributed by atoms with van der Waals surface area (Å²) in [6.07, 6.45) is 4.39. The van der Waals surface area contributed by atoms with Crippen LogP contribution in [0.5, 0.6) is 0 Å². The smallest absolute Gasteiger partial charge is 0.0541 e. The van der Waals surface area contributed by atoms with Crippen LogP contribution in [0, 0.1) is 0 Å². The number of aromatic nitrogens is 1. The number of hydrogen-bond acceptors (Lipinski definition) is 0. The molecule has 10 aromatic carbocycles. The normalized spacial score (nSPS) is 11.8. The van der Waals surface area contributed by atoms with Crippen LogP contribution in [0.3, 0.4) is 0 Å². The highest BCUT2D eigenvalue weighted by Gasteiger charge is 2.18. The summed E-state index contributed by atoms with van der Waals surface area (Å²) in [5, 5.41) is 10.2. The summed E-state index contributed by atoms with van der Waals surface area (Å²) in [5.41, 5.74) is 13.4. The molecule has 0 saturated heterocycles. The molecule has 0 atom stereocenters. The molecule has 0 aliphatic heterocycles. The average Bonchev–Trinajstić information content (AvgIpc) is 3.62. The van der Waals surface area contributed by atoms with Gasteiger partial charge in [0.1, 0.15) is 0 Å². The first-order chi connectivity index (χ1) is 28.3. The second kappa shape index (κ2) is 13.7. The number of para-hydroxylation sites is 2. The lowest BCUT2D eigenvalue weighted by Crippen LogP contribution is -1.93. The third-order valence-corrected chi connectivity index (χ3v) is 11.6. The molecule has 0 fully saturated rings. The van der Waals surface area contributed by atoms with E-state index in [1.54, 1.807) is 0 Å². The molecule has 57 heavy (non-hydrogen) atoms. The number of benzene rings is 10. The van der Waals surface area contributed by atoms with Gasteiger partial charge < -0.3 is 4.57 Å². The second-order valence-corrected chi connectivity index (χ2v) is 14.9. The van der Waals surface area contributed by atoms with Crippen molar-refractivity contribution in [2.45, 2.75) is 0 Å². The molecule has 0 saturated carbocycles. The Kier molecular flexibility index (Phi) is 7.89. The highest BCUT2D eigenvalue weighted by molar-refractivity contribution is 6.23. The summed E-state index contributed by atoms with van der Waals surface area (Å²) >= 11 is 0. The highest BCUT2D eigenvalue weighted by Crippen LogP contribution is 2.45. The predicted molar refractivity (Wildman–Crippen MR) is 245 cm³/mol. The van der Waals surface area contributed by atoms with Crippen LogP contribution in [-0.4, -0.2) is 4.57 Å². The largest absolute Gasteiger partial charge is 0.309 e. The van der Waals surface area contributed by atoms with Gasteiger partial charge in [-0.25, -0.2) is 0 Å². The zero-order valence-electron chi connectivity index (χ0n) is 31.3. The van der Waals surface area contributed by atoms with E-state index in [0.29, 0.717) is 0 Å². The zero-order valence-corrected chi connectivity index (χ0v) is 31.3. The molecule has 0 spiro atoms. The van der Waals surface area contributed by atoms with Crippen molar-refractivity contribution >= 4 is 66.3 Å². The zero-order chi connectivity index (χ0) is 37.7. The fraction of sp³-hybridized carbons (Fsp3) is 0. The summed E-state index contributed by atoms with van der Waals surface area (Å²) in [6.45, 7) is 0. The van der Waals surface area contributed by atoms with Gasteiger partial charge in [0.15, 0.2) is 0 Å². The highest BCUT2D eigenvalue weighted by atomic mass is 15.0. The second-order valence-electron chi connectivity index (χ2n) is 14.9. The van der Waals surface area contributed by atoms with Crippen LogP contribution in [0.25, 0.3) is 105 Å². The van der Waals surface area contributed by atoms with Crippen LogP contribution in [0.2, 0.25) is 0 Å². The molecular formula is C56H37N. The fourth-order valence-corrected chi connectivity index (χ4v) is 8.92. The van der Waals surface area contributed by atoms with Crippen molar-refractivity contribution in [1.29, 1.82) is 0 Å². The Bertz CT molecular complexity index is 3190. The van der Waals surface area contributed by atoms with Crippen molar-refractivity contribution in [2.75, 3.05) is 0 Å². The first-order valence-corrected chi connectivity index (χ1v) is 19.7. The van der Waals surface area contributed by atoms with E-state index in [4.69, 9.17) is 0 Å². The van der Waals surface area contributed by atoms with Gasteiger partial charge in [0, 0.05) is 16.5 Å². The monoisotopic (exact) mass is 723 g/mol. The summed E-state index contributed by atoms with van der Waals surface area (Å²) < 4.78 is 2.36. The Morgan fingerprint density at radius 3 is 1.25 bits per heavy atom. The molecule has 0 bridgehead atoms. The topological polar surface area (TPSA) is 4.93 Å². The van der Waals surface area contributed by atoms with Crippen LogP contribution in [0.15, 0.2) is 212 Å². The van der Waals surface area contributed by atoms with E-state index in [1.807, 2.05) is 0 Å². The van der Waals surface area contributed by atoms with Gasteiger partial charge in [0.2, 0.25) is 0 Å². The molecular weight excluding hydrogens is 687 g/mol. The molecule has 11 aromatic rings. The Morgan fingerprint density at radius 2 is 0.684 bits per heavy atom. The van der Waals surface area contributed by atoms with Crippen LogP contribution >= 0.6 is 0 Å². The van der Waals surface area contributed by atoms with Crippen LogP contribution in [0.4, 0.5) is 0 Å². The molecule has 1 heteroatoms. The van der Waals surface area contributed by atoms with Gasteiger partial charge in [0.25, 0.3) is 0 Å². The number of rotatable bonds is 6. The Balaban J connectivity index is 0.883. The van der Waals surface area contributed by atoms with Crippen molar-refractivity contribution in [1.82, 2.24) is 4.57 Å². The van der Waals surface area contributed by atoms with E-state index < -0.39 is 0 Å². The molecule has 1 nitrogen and oxygen atoms in total. The Labute approximate surface area is 332 Å². The predicted octanol–water partition coefficient (Wildman–Crippen LogP) is 15.4. The van der Waals surface area contributed by atoms with Crippen molar-refractivity contribution in [3.63, 3.8) is 0 Å². The van der Waals surface area contributed by atoms with Crippen LogP contribution in [-0.2, 0) is 0 Å². The van der Waals surface area contributed by atoms with E-state index in [2.05, 4.69) is 229 Å². The number of hydrogen-bond donors (Lipinski definition) is 0. The molecule has 0 radical (unpaired) electrons. The van der Waals surface area contributed by atoms with E-state index in [0.717, 1.165) is 0 Å². The molecule has 0 aliphatic rings. The maximum Gasteiger partial charge on any atom is 0.0541 e. The molecule has 266 valence electrons. The molecule has 0 amide bonds. The minimum Gasteiger partial charge on any atom is -0.309 e. The standard InChI is InChI=1S/C56H37N/c1-2-14-45-42(12-1)13-11-21-48(45)56-51-19-5-3-17-49(51)55(50-18-4-6-20-52(50)56)43-34-32-41(33-35-43)40-30-26-38(27-31-40)24-25-39-28-36-44(37-29-39)57-53-22-9-7-15-46(53)47-16-8-10-23-54(47)57/h1-37H/b25-24+. The first kappa shape index (κ1) is 32.9. The fourth-order valence-electron chi connectivity index (χ4n) is 8.92. The van der Waals surface area contributed by atoms with Gasteiger partial charge in [-0.3, -0.25) is 0 Å². The molecule has 11 rings (SSSR count). The van der Waals surface area contributed by atoms with Crippen molar-refractivity contribution < 1.29 is 0 Å². The minimum absolute atomic E-state index is 1.17. The SMILES string of the molecule is C(=C\c1ccc(-n2c3ccccc3c3ccccc32)cc1)/c1ccc(-c2ccc(-c3c4ccccc4c(-c4cccc5ccccc45)c4ccccc34)cc2)cc1. The van der Waals surface area contributed by atoms with Gasteiger partial charge >= 0.3 is 0 Å². The average molecular weight is 724 g/mol. The third-order valence-electron chi connectivity index (χ3n) is 11.6. The van der Waals surface area contributed by atoms with Crippen molar-refractivity contribution in [3.05, 3.63) is 223 Å². The third kappa shape index (κ3) is 5.63. The lowest BCUT2D eigenvalue weighted by molar-refractivity contribution is 1.18. The lowest BCUT2D eigenvalue weighted by atomic mass is 9.84. The van der Waals surface area contributed by atoms with E-state index >= 15 is 0 Å². The van der Waals surface area contributed by atoms with E-state index in [1.165, 1.54) is 104 Å². The van der Waals surface area contributed by atoms with E-state index in [-0.39, 0.29) is 0 Å².